The number of carbonyl (C=O) groups is 1. The molecule has 3 atom stereocenters. The van der Waals surface area contributed by atoms with Gasteiger partial charge in [0.05, 0.1) is 5.92 Å². The smallest absolute Gasteiger partial charge is 0.351 e. The molecule has 0 spiro atoms. The molecule has 1 fully saturated rings. The maximum atomic E-state index is 13.0. The molecule has 1 rings (SSSR count). The van der Waals surface area contributed by atoms with Crippen molar-refractivity contribution in [2.24, 2.45) is 11.8 Å². The third kappa shape index (κ3) is 4.64. The molecule has 20 heavy (non-hydrogen) atoms. The maximum absolute atomic E-state index is 13.0. The Labute approximate surface area is 127 Å². The largest absolute Gasteiger partial charge is 0.392 e. The first-order valence-corrected chi connectivity index (χ1v) is 8.30. The lowest BCUT2D eigenvalue weighted by molar-refractivity contribution is -0.198. The third-order valence-corrected chi connectivity index (χ3v) is 4.77. The number of carbonyl (C=O) groups excluding carboxylic acids is 1. The predicted molar refractivity (Wildman–Crippen MR) is 76.8 cm³/mol. The van der Waals surface area contributed by atoms with Gasteiger partial charge in [-0.2, -0.15) is 13.2 Å². The van der Waals surface area contributed by atoms with Gasteiger partial charge in [0.15, 0.2) is 0 Å². The summed E-state index contributed by atoms with van der Waals surface area (Å²) >= 11 is 3.32. The molecule has 2 nitrogen and oxygen atoms in total. The highest BCUT2D eigenvalue weighted by molar-refractivity contribution is 9.09. The van der Waals surface area contributed by atoms with Gasteiger partial charge in [-0.25, -0.2) is 0 Å². The molecule has 0 aromatic rings. The Morgan fingerprint density at radius 1 is 1.30 bits per heavy atom. The number of rotatable bonds is 5. The summed E-state index contributed by atoms with van der Waals surface area (Å²) in [6.45, 7) is 3.82. The molecule has 6 heteroatoms. The van der Waals surface area contributed by atoms with Gasteiger partial charge in [0.1, 0.15) is 0 Å². The zero-order valence-electron chi connectivity index (χ0n) is 12.0. The van der Waals surface area contributed by atoms with Gasteiger partial charge in [0.25, 0.3) is 0 Å². The van der Waals surface area contributed by atoms with E-state index in [0.29, 0.717) is 37.4 Å². The third-order valence-electron chi connectivity index (χ3n) is 4.37. The van der Waals surface area contributed by atoms with Crippen molar-refractivity contribution in [2.45, 2.75) is 64.1 Å². The zero-order chi connectivity index (χ0) is 15.4. The minimum absolute atomic E-state index is 0.0723. The fraction of sp³-hybridized carbons (Fsp3) is 0.929. The zero-order valence-corrected chi connectivity index (χ0v) is 13.6. The second-order valence-electron chi connectivity index (χ2n) is 5.88. The van der Waals surface area contributed by atoms with Crippen LogP contribution < -0.4 is 5.32 Å². The topological polar surface area (TPSA) is 29.1 Å². The fourth-order valence-electron chi connectivity index (χ4n) is 2.76. The lowest BCUT2D eigenvalue weighted by Gasteiger charge is -2.36. The van der Waals surface area contributed by atoms with Crippen LogP contribution in [0.5, 0.6) is 0 Å². The molecule has 0 aromatic carbocycles. The Morgan fingerprint density at radius 2 is 1.90 bits per heavy atom. The van der Waals surface area contributed by atoms with E-state index in [1.807, 2.05) is 13.8 Å². The van der Waals surface area contributed by atoms with Gasteiger partial charge in [0, 0.05) is 16.8 Å². The van der Waals surface area contributed by atoms with Crippen molar-refractivity contribution < 1.29 is 18.0 Å². The minimum atomic E-state index is -4.28. The molecule has 1 aliphatic rings. The van der Waals surface area contributed by atoms with Crippen LogP contribution in [-0.4, -0.2) is 23.0 Å². The molecule has 1 amide bonds. The second kappa shape index (κ2) is 7.14. The molecule has 118 valence electrons. The van der Waals surface area contributed by atoms with Crippen LogP contribution in [0.1, 0.15) is 52.4 Å². The van der Waals surface area contributed by atoms with E-state index in [2.05, 4.69) is 21.2 Å². The summed E-state index contributed by atoms with van der Waals surface area (Å²) in [6.07, 6.45) is -1.20. The van der Waals surface area contributed by atoms with Crippen molar-refractivity contribution >= 4 is 21.8 Å². The van der Waals surface area contributed by atoms with E-state index in [-0.39, 0.29) is 6.42 Å². The molecule has 0 radical (unpaired) electrons. The van der Waals surface area contributed by atoms with Gasteiger partial charge in [-0.15, -0.1) is 0 Å². The van der Waals surface area contributed by atoms with E-state index in [1.54, 1.807) is 0 Å². The molecule has 0 aromatic heterocycles. The second-order valence-corrected chi connectivity index (χ2v) is 6.67. The number of amides is 1. The van der Waals surface area contributed by atoms with Gasteiger partial charge < -0.3 is 5.32 Å². The number of hydrogen-bond donors (Lipinski definition) is 1. The summed E-state index contributed by atoms with van der Waals surface area (Å²) in [5.41, 5.74) is -0.436. The lowest BCUT2D eigenvalue weighted by atomic mass is 9.77. The van der Waals surface area contributed by atoms with Gasteiger partial charge >= 0.3 is 6.18 Å². The molecule has 3 unspecified atom stereocenters. The van der Waals surface area contributed by atoms with Crippen molar-refractivity contribution in [1.29, 1.82) is 0 Å². The first-order valence-electron chi connectivity index (χ1n) is 7.18. The van der Waals surface area contributed by atoms with Gasteiger partial charge in [-0.3, -0.25) is 4.79 Å². The summed E-state index contributed by atoms with van der Waals surface area (Å²) in [4.78, 5) is 12.3. The van der Waals surface area contributed by atoms with E-state index in [9.17, 15) is 18.0 Å². The molecule has 1 saturated carbocycles. The Hall–Kier alpha value is -0.260. The van der Waals surface area contributed by atoms with Crippen molar-refractivity contribution in [3.8, 4) is 0 Å². The van der Waals surface area contributed by atoms with Crippen molar-refractivity contribution in [3.05, 3.63) is 0 Å². The van der Waals surface area contributed by atoms with Crippen LogP contribution in [0.3, 0.4) is 0 Å². The number of nitrogens with one attached hydrogen (secondary N) is 1. The van der Waals surface area contributed by atoms with Crippen molar-refractivity contribution in [3.63, 3.8) is 0 Å². The van der Waals surface area contributed by atoms with E-state index >= 15 is 0 Å². The monoisotopic (exact) mass is 357 g/mol. The molecule has 0 aliphatic heterocycles. The highest BCUT2D eigenvalue weighted by Crippen LogP contribution is 2.41. The van der Waals surface area contributed by atoms with Gasteiger partial charge in [-0.05, 0) is 32.6 Å². The molecule has 0 bridgehead atoms. The Balaban J connectivity index is 2.78. The van der Waals surface area contributed by atoms with Crippen LogP contribution in [0.25, 0.3) is 0 Å². The summed E-state index contributed by atoms with van der Waals surface area (Å²) in [5.74, 6) is -2.84. The molecule has 1 aliphatic carbocycles. The summed E-state index contributed by atoms with van der Waals surface area (Å²) in [6, 6.07) is 0. The van der Waals surface area contributed by atoms with Crippen LogP contribution in [0.2, 0.25) is 0 Å². The Bertz CT molecular complexity index is 335. The van der Waals surface area contributed by atoms with Crippen LogP contribution in [0.15, 0.2) is 0 Å². The van der Waals surface area contributed by atoms with Crippen LogP contribution in [0, 0.1) is 11.8 Å². The van der Waals surface area contributed by atoms with Gasteiger partial charge in [0.2, 0.25) is 5.91 Å². The van der Waals surface area contributed by atoms with E-state index in [0.717, 1.165) is 0 Å². The number of halogens is 4. The average molecular weight is 358 g/mol. The Kier molecular flexibility index (Phi) is 6.35. The van der Waals surface area contributed by atoms with Crippen LogP contribution in [0.4, 0.5) is 13.2 Å². The first-order chi connectivity index (χ1) is 9.23. The van der Waals surface area contributed by atoms with E-state index in [4.69, 9.17) is 0 Å². The van der Waals surface area contributed by atoms with Crippen LogP contribution >= 0.6 is 15.9 Å². The van der Waals surface area contributed by atoms with Crippen LogP contribution in [-0.2, 0) is 4.79 Å². The predicted octanol–water partition coefficient (Wildman–Crippen LogP) is 4.43. The standard InChI is InChI=1S/C14H23BrF3NO/c1-3-13(2,8-9-15)19-12(20)10-6-4-5-7-11(10)14(16,17)18/h10-11H,3-9H2,1-2H3,(H,19,20). The normalized spacial score (nSPS) is 26.9. The number of alkyl halides is 4. The summed E-state index contributed by atoms with van der Waals surface area (Å²) in [5, 5.41) is 3.56. The maximum Gasteiger partial charge on any atom is 0.392 e. The first kappa shape index (κ1) is 17.8. The molecule has 0 heterocycles. The highest BCUT2D eigenvalue weighted by atomic mass is 79.9. The SMILES string of the molecule is CCC(C)(CCBr)NC(=O)C1CCCCC1C(F)(F)F. The summed E-state index contributed by atoms with van der Waals surface area (Å²) in [7, 11) is 0. The lowest BCUT2D eigenvalue weighted by Crippen LogP contribution is -2.51. The van der Waals surface area contributed by atoms with Crippen molar-refractivity contribution in [1.82, 2.24) is 5.32 Å². The number of hydrogen-bond acceptors (Lipinski definition) is 1. The molecule has 0 saturated heterocycles. The van der Waals surface area contributed by atoms with Gasteiger partial charge in [-0.1, -0.05) is 35.7 Å². The molecular formula is C14H23BrF3NO. The van der Waals surface area contributed by atoms with E-state index in [1.165, 1.54) is 0 Å². The highest BCUT2D eigenvalue weighted by Gasteiger charge is 2.48. The Morgan fingerprint density at radius 3 is 2.40 bits per heavy atom. The fourth-order valence-corrected chi connectivity index (χ4v) is 3.64. The molecular weight excluding hydrogens is 335 g/mol. The minimum Gasteiger partial charge on any atom is -0.351 e. The molecule has 1 N–H and O–H groups in total. The summed E-state index contributed by atoms with van der Waals surface area (Å²) < 4.78 is 39.1. The average Bonchev–Trinajstić information content (AvgIpc) is 2.38. The van der Waals surface area contributed by atoms with Crippen molar-refractivity contribution in [2.75, 3.05) is 5.33 Å². The quantitative estimate of drug-likeness (QED) is 0.724. The van der Waals surface area contributed by atoms with E-state index < -0.39 is 29.5 Å².